The molecule has 0 aliphatic carbocycles. The first-order valence-electron chi connectivity index (χ1n) is 5.45. The number of hydrogen-bond donors (Lipinski definition) is 0. The van der Waals surface area contributed by atoms with Crippen molar-refractivity contribution in [3.8, 4) is 11.1 Å². The lowest BCUT2D eigenvalue weighted by Gasteiger charge is -2.03. The van der Waals surface area contributed by atoms with Crippen LogP contribution in [-0.2, 0) is 0 Å². The van der Waals surface area contributed by atoms with Gasteiger partial charge in [-0.3, -0.25) is 0 Å². The molecule has 0 aliphatic rings. The van der Waals surface area contributed by atoms with E-state index in [1.54, 1.807) is 17.4 Å². The van der Waals surface area contributed by atoms with Gasteiger partial charge in [-0.2, -0.15) is 0 Å². The minimum absolute atomic E-state index is 0.645. The zero-order valence-electron chi connectivity index (χ0n) is 9.58. The molecule has 18 heavy (non-hydrogen) atoms. The summed E-state index contributed by atoms with van der Waals surface area (Å²) in [6.45, 7) is 2.01. The second-order valence-electron chi connectivity index (χ2n) is 4.07. The summed E-state index contributed by atoms with van der Waals surface area (Å²) in [4.78, 5) is 4.50. The first-order valence-corrected chi connectivity index (χ1v) is 7.03. The Hall–Kier alpha value is -1.09. The van der Waals surface area contributed by atoms with Gasteiger partial charge in [0.25, 0.3) is 0 Å². The first-order chi connectivity index (χ1) is 8.61. The van der Waals surface area contributed by atoms with Gasteiger partial charge in [-0.1, -0.05) is 29.3 Å². The highest BCUT2D eigenvalue weighted by atomic mass is 35.5. The summed E-state index contributed by atoms with van der Waals surface area (Å²) in [6.07, 6.45) is 0. The molecule has 0 atom stereocenters. The van der Waals surface area contributed by atoms with E-state index >= 15 is 0 Å². The van der Waals surface area contributed by atoms with Crippen molar-refractivity contribution in [1.29, 1.82) is 0 Å². The summed E-state index contributed by atoms with van der Waals surface area (Å²) in [5, 5.41) is 2.37. The Bertz CT molecular complexity index is 713. The molecule has 0 unspecified atom stereocenters. The number of hydrogen-bond acceptors (Lipinski definition) is 2. The van der Waals surface area contributed by atoms with Gasteiger partial charge in [0, 0.05) is 10.0 Å². The molecule has 0 N–H and O–H groups in total. The highest BCUT2D eigenvalue weighted by Crippen LogP contribution is 2.30. The molecule has 2 aromatic carbocycles. The van der Waals surface area contributed by atoms with Gasteiger partial charge >= 0.3 is 0 Å². The van der Waals surface area contributed by atoms with Crippen molar-refractivity contribution in [2.75, 3.05) is 0 Å². The lowest BCUT2D eigenvalue weighted by molar-refractivity contribution is 1.35. The van der Waals surface area contributed by atoms with Crippen molar-refractivity contribution < 1.29 is 0 Å². The summed E-state index contributed by atoms with van der Waals surface area (Å²) < 4.78 is 1.20. The van der Waals surface area contributed by atoms with Crippen molar-refractivity contribution in [2.24, 2.45) is 0 Å². The molecule has 0 spiro atoms. The Kier molecular flexibility index (Phi) is 3.02. The second kappa shape index (κ2) is 4.54. The standard InChI is InChI=1S/C14H9Cl2NS/c1-8-17-13-6-9(2-3-14(13)18-8)10-4-11(15)7-12(16)5-10/h2-7H,1H3. The second-order valence-corrected chi connectivity index (χ2v) is 6.18. The zero-order chi connectivity index (χ0) is 12.7. The van der Waals surface area contributed by atoms with Crippen molar-refractivity contribution in [1.82, 2.24) is 4.98 Å². The Morgan fingerprint density at radius 2 is 1.67 bits per heavy atom. The fourth-order valence-corrected chi connectivity index (χ4v) is 3.28. The molecule has 0 amide bonds. The van der Waals surface area contributed by atoms with Crippen LogP contribution in [0.5, 0.6) is 0 Å². The van der Waals surface area contributed by atoms with E-state index in [0.29, 0.717) is 10.0 Å². The van der Waals surface area contributed by atoms with Gasteiger partial charge in [-0.05, 0) is 48.4 Å². The molecule has 0 saturated heterocycles. The summed E-state index contributed by atoms with van der Waals surface area (Å²) in [7, 11) is 0. The monoisotopic (exact) mass is 293 g/mol. The smallest absolute Gasteiger partial charge is 0.0907 e. The molecule has 0 fully saturated rings. The molecule has 90 valence electrons. The number of halogens is 2. The molecule has 0 bridgehead atoms. The molecule has 3 aromatic rings. The lowest BCUT2D eigenvalue weighted by atomic mass is 10.1. The fraction of sp³-hybridized carbons (Fsp3) is 0.0714. The molecule has 1 nitrogen and oxygen atoms in total. The Morgan fingerprint density at radius 3 is 2.39 bits per heavy atom. The Balaban J connectivity index is 2.18. The number of nitrogens with zero attached hydrogens (tertiary/aromatic N) is 1. The lowest BCUT2D eigenvalue weighted by Crippen LogP contribution is -1.79. The molecule has 4 heteroatoms. The third-order valence-electron chi connectivity index (χ3n) is 2.69. The Labute approximate surface area is 119 Å². The van der Waals surface area contributed by atoms with Crippen molar-refractivity contribution in [2.45, 2.75) is 6.92 Å². The number of aromatic nitrogens is 1. The van der Waals surface area contributed by atoms with E-state index in [0.717, 1.165) is 21.7 Å². The molecular weight excluding hydrogens is 285 g/mol. The molecule has 0 saturated carbocycles. The van der Waals surface area contributed by atoms with Crippen LogP contribution in [-0.4, -0.2) is 4.98 Å². The fourth-order valence-electron chi connectivity index (χ4n) is 1.94. The molecular formula is C14H9Cl2NS. The predicted molar refractivity (Wildman–Crippen MR) is 79.8 cm³/mol. The Morgan fingerprint density at radius 1 is 0.944 bits per heavy atom. The molecule has 1 aromatic heterocycles. The van der Waals surface area contributed by atoms with Crippen molar-refractivity contribution >= 4 is 44.8 Å². The van der Waals surface area contributed by atoms with Gasteiger partial charge in [0.05, 0.1) is 15.2 Å². The van der Waals surface area contributed by atoms with Crippen LogP contribution in [0, 0.1) is 6.92 Å². The van der Waals surface area contributed by atoms with E-state index in [9.17, 15) is 0 Å². The van der Waals surface area contributed by atoms with E-state index < -0.39 is 0 Å². The van der Waals surface area contributed by atoms with Gasteiger partial charge < -0.3 is 0 Å². The van der Waals surface area contributed by atoms with Crippen LogP contribution in [0.15, 0.2) is 36.4 Å². The van der Waals surface area contributed by atoms with Crippen LogP contribution in [0.25, 0.3) is 21.3 Å². The van der Waals surface area contributed by atoms with Crippen molar-refractivity contribution in [3.05, 3.63) is 51.5 Å². The number of benzene rings is 2. The van der Waals surface area contributed by atoms with Crippen molar-refractivity contribution in [3.63, 3.8) is 0 Å². The highest BCUT2D eigenvalue weighted by molar-refractivity contribution is 7.18. The largest absolute Gasteiger partial charge is 0.241 e. The first kappa shape index (κ1) is 12.0. The maximum atomic E-state index is 6.02. The maximum Gasteiger partial charge on any atom is 0.0907 e. The SMILES string of the molecule is Cc1nc2cc(-c3cc(Cl)cc(Cl)c3)ccc2s1. The molecule has 0 radical (unpaired) electrons. The summed E-state index contributed by atoms with van der Waals surface area (Å²) in [6, 6.07) is 11.8. The van der Waals surface area contributed by atoms with Crippen LogP contribution in [0.2, 0.25) is 10.0 Å². The van der Waals surface area contributed by atoms with Crippen LogP contribution in [0.3, 0.4) is 0 Å². The van der Waals surface area contributed by atoms with E-state index in [4.69, 9.17) is 23.2 Å². The van der Waals surface area contributed by atoms with Crippen LogP contribution in [0.1, 0.15) is 5.01 Å². The van der Waals surface area contributed by atoms with Gasteiger partial charge in [0.1, 0.15) is 0 Å². The summed E-state index contributed by atoms with van der Waals surface area (Å²) in [5.74, 6) is 0. The van der Waals surface area contributed by atoms with Gasteiger partial charge in [0.15, 0.2) is 0 Å². The topological polar surface area (TPSA) is 12.9 Å². The highest BCUT2D eigenvalue weighted by Gasteiger charge is 2.05. The van der Waals surface area contributed by atoms with E-state index in [1.165, 1.54) is 4.70 Å². The molecule has 0 aliphatic heterocycles. The molecule has 3 rings (SSSR count). The van der Waals surface area contributed by atoms with Crippen LogP contribution >= 0.6 is 34.5 Å². The average Bonchev–Trinajstić information content (AvgIpc) is 2.66. The van der Waals surface area contributed by atoms with E-state index in [-0.39, 0.29) is 0 Å². The minimum Gasteiger partial charge on any atom is -0.241 e. The minimum atomic E-state index is 0.645. The van der Waals surface area contributed by atoms with Gasteiger partial charge in [-0.25, -0.2) is 4.98 Å². The van der Waals surface area contributed by atoms with Crippen LogP contribution < -0.4 is 0 Å². The third-order valence-corrected chi connectivity index (χ3v) is 4.08. The maximum absolute atomic E-state index is 6.02. The van der Waals surface area contributed by atoms with Crippen LogP contribution in [0.4, 0.5) is 0 Å². The average molecular weight is 294 g/mol. The molecule has 1 heterocycles. The quantitative estimate of drug-likeness (QED) is 0.571. The normalized spacial score (nSPS) is 11.1. The summed E-state index contributed by atoms with van der Waals surface area (Å²) >= 11 is 13.7. The van der Waals surface area contributed by atoms with Gasteiger partial charge in [-0.15, -0.1) is 11.3 Å². The van der Waals surface area contributed by atoms with E-state index in [2.05, 4.69) is 23.2 Å². The number of fused-ring (bicyclic) bond motifs is 1. The zero-order valence-corrected chi connectivity index (χ0v) is 11.9. The number of thiazole rings is 1. The van der Waals surface area contributed by atoms with Gasteiger partial charge in [0.2, 0.25) is 0 Å². The predicted octanol–water partition coefficient (Wildman–Crippen LogP) is 5.58. The third kappa shape index (κ3) is 2.24. The van der Waals surface area contributed by atoms with E-state index in [1.807, 2.05) is 19.1 Å². The number of rotatable bonds is 1. The summed E-state index contributed by atoms with van der Waals surface area (Å²) in [5.41, 5.74) is 3.11. The number of aryl methyl sites for hydroxylation is 1.